The molecule has 0 aliphatic carbocycles. The first-order valence-corrected chi connectivity index (χ1v) is 5.92. The Morgan fingerprint density at radius 2 is 2.21 bits per heavy atom. The van der Waals surface area contributed by atoms with Crippen molar-refractivity contribution in [2.75, 3.05) is 0 Å². The van der Waals surface area contributed by atoms with Crippen LogP contribution in [0.25, 0.3) is 17.1 Å². The molecule has 0 aliphatic rings. The van der Waals surface area contributed by atoms with Gasteiger partial charge in [0.15, 0.2) is 22.5 Å². The van der Waals surface area contributed by atoms with Gasteiger partial charge in [0, 0.05) is 6.20 Å². The summed E-state index contributed by atoms with van der Waals surface area (Å²) in [6, 6.07) is 6.91. The van der Waals surface area contributed by atoms with E-state index >= 15 is 0 Å². The van der Waals surface area contributed by atoms with Crippen LogP contribution in [-0.4, -0.2) is 20.5 Å². The smallest absolute Gasteiger partial charge is 0.356 e. The van der Waals surface area contributed by atoms with E-state index in [2.05, 4.69) is 4.98 Å². The molecule has 0 bridgehead atoms. The fraction of sp³-hybridized carbons (Fsp3) is 0.0769. The van der Waals surface area contributed by atoms with Crippen molar-refractivity contribution in [3.05, 3.63) is 46.9 Å². The van der Waals surface area contributed by atoms with Crippen molar-refractivity contribution in [2.45, 2.75) is 6.92 Å². The summed E-state index contributed by atoms with van der Waals surface area (Å²) in [5.41, 5.74) is 1.38. The van der Waals surface area contributed by atoms with Crippen molar-refractivity contribution in [3.63, 3.8) is 0 Å². The van der Waals surface area contributed by atoms with Gasteiger partial charge >= 0.3 is 5.97 Å². The van der Waals surface area contributed by atoms with Crippen LogP contribution in [0.5, 0.6) is 0 Å². The molecular weight excluding hydrogens is 268 g/mol. The van der Waals surface area contributed by atoms with Crippen LogP contribution in [0.1, 0.15) is 16.1 Å². The Kier molecular flexibility index (Phi) is 2.57. The number of hydrogen-bond donors (Lipinski definition) is 1. The van der Waals surface area contributed by atoms with E-state index in [4.69, 9.17) is 16.0 Å². The summed E-state index contributed by atoms with van der Waals surface area (Å²) in [6.45, 7) is 1.84. The molecule has 0 spiro atoms. The lowest BCUT2D eigenvalue weighted by molar-refractivity contribution is 0.0693. The highest BCUT2D eigenvalue weighted by Gasteiger charge is 2.20. The highest BCUT2D eigenvalue weighted by atomic mass is 35.5. The minimum Gasteiger partial charge on any atom is -0.476 e. The van der Waals surface area contributed by atoms with Crippen LogP contribution in [0.2, 0.25) is 5.22 Å². The predicted octanol–water partition coefficient (Wildman–Crippen LogP) is 3.25. The molecule has 0 unspecified atom stereocenters. The van der Waals surface area contributed by atoms with Crippen LogP contribution >= 0.6 is 11.6 Å². The van der Waals surface area contributed by atoms with Gasteiger partial charge in [-0.05, 0) is 42.3 Å². The number of furan rings is 1. The Hall–Kier alpha value is -2.27. The van der Waals surface area contributed by atoms with E-state index in [0.717, 1.165) is 5.56 Å². The molecule has 3 aromatic heterocycles. The number of aromatic nitrogens is 2. The van der Waals surface area contributed by atoms with Crippen molar-refractivity contribution in [2.24, 2.45) is 0 Å². The molecule has 0 radical (unpaired) electrons. The van der Waals surface area contributed by atoms with Gasteiger partial charge in [-0.2, -0.15) is 0 Å². The van der Waals surface area contributed by atoms with E-state index in [1.807, 2.05) is 19.1 Å². The second-order valence-electron chi connectivity index (χ2n) is 4.10. The zero-order valence-corrected chi connectivity index (χ0v) is 10.7. The van der Waals surface area contributed by atoms with E-state index in [1.54, 1.807) is 22.7 Å². The summed E-state index contributed by atoms with van der Waals surface area (Å²) in [5, 5.41) is 9.47. The zero-order valence-electron chi connectivity index (χ0n) is 9.92. The molecular formula is C13H9ClN2O3. The third-order valence-corrected chi connectivity index (χ3v) is 3.07. The second-order valence-corrected chi connectivity index (χ2v) is 4.48. The third kappa shape index (κ3) is 1.79. The lowest BCUT2D eigenvalue weighted by atomic mass is 10.2. The van der Waals surface area contributed by atoms with Gasteiger partial charge in [-0.1, -0.05) is 6.07 Å². The molecule has 0 saturated heterocycles. The first-order chi connectivity index (χ1) is 9.08. The number of nitrogens with zero attached hydrogens (tertiary/aromatic N) is 2. The third-order valence-electron chi connectivity index (χ3n) is 2.86. The summed E-state index contributed by atoms with van der Waals surface area (Å²) >= 11 is 5.74. The van der Waals surface area contributed by atoms with Crippen molar-refractivity contribution in [3.8, 4) is 11.6 Å². The number of aryl methyl sites for hydroxylation is 1. The maximum Gasteiger partial charge on any atom is 0.356 e. The van der Waals surface area contributed by atoms with E-state index in [1.165, 1.54) is 0 Å². The molecule has 3 aromatic rings. The number of fused-ring (bicyclic) bond motifs is 1. The fourth-order valence-electron chi connectivity index (χ4n) is 2.06. The second kappa shape index (κ2) is 4.13. The van der Waals surface area contributed by atoms with Crippen molar-refractivity contribution < 1.29 is 14.3 Å². The van der Waals surface area contributed by atoms with Gasteiger partial charge < -0.3 is 9.52 Å². The summed E-state index contributed by atoms with van der Waals surface area (Å²) < 4.78 is 6.99. The number of hydrogen-bond acceptors (Lipinski definition) is 3. The topological polar surface area (TPSA) is 67.7 Å². The number of imidazole rings is 1. The molecule has 5 nitrogen and oxygen atoms in total. The normalized spacial score (nSPS) is 11.1. The van der Waals surface area contributed by atoms with Crippen LogP contribution in [0, 0.1) is 6.92 Å². The molecule has 0 fully saturated rings. The van der Waals surface area contributed by atoms with Gasteiger partial charge in [-0.3, -0.25) is 4.40 Å². The van der Waals surface area contributed by atoms with E-state index in [0.29, 0.717) is 17.1 Å². The lowest BCUT2D eigenvalue weighted by Crippen LogP contribution is -1.98. The Bertz CT molecular complexity index is 788. The molecule has 0 aliphatic heterocycles. The fourth-order valence-corrected chi connectivity index (χ4v) is 2.21. The van der Waals surface area contributed by atoms with Crippen LogP contribution in [0.3, 0.4) is 0 Å². The molecule has 19 heavy (non-hydrogen) atoms. The number of pyridine rings is 1. The maximum atomic E-state index is 11.3. The highest BCUT2D eigenvalue weighted by Crippen LogP contribution is 2.27. The molecule has 0 saturated carbocycles. The lowest BCUT2D eigenvalue weighted by Gasteiger charge is -2.00. The quantitative estimate of drug-likeness (QED) is 0.780. The van der Waals surface area contributed by atoms with Gasteiger partial charge in [0.05, 0.1) is 5.52 Å². The predicted molar refractivity (Wildman–Crippen MR) is 69.6 cm³/mol. The zero-order chi connectivity index (χ0) is 13.6. The number of rotatable bonds is 2. The Labute approximate surface area is 113 Å². The van der Waals surface area contributed by atoms with Gasteiger partial charge in [-0.25, -0.2) is 9.78 Å². The maximum absolute atomic E-state index is 11.3. The van der Waals surface area contributed by atoms with E-state index < -0.39 is 5.97 Å². The van der Waals surface area contributed by atoms with Gasteiger partial charge in [0.25, 0.3) is 0 Å². The first kappa shape index (κ1) is 11.8. The Morgan fingerprint density at radius 1 is 1.42 bits per heavy atom. The van der Waals surface area contributed by atoms with Gasteiger partial charge in [-0.15, -0.1) is 0 Å². The van der Waals surface area contributed by atoms with Crippen LogP contribution in [-0.2, 0) is 0 Å². The number of aromatic carboxylic acids is 1. The molecule has 96 valence electrons. The van der Waals surface area contributed by atoms with Crippen LogP contribution in [0.4, 0.5) is 0 Å². The highest BCUT2D eigenvalue weighted by molar-refractivity contribution is 6.28. The van der Waals surface area contributed by atoms with Crippen LogP contribution < -0.4 is 0 Å². The van der Waals surface area contributed by atoms with Crippen LogP contribution in [0.15, 0.2) is 34.9 Å². The average molecular weight is 277 g/mol. The summed E-state index contributed by atoms with van der Waals surface area (Å²) in [5.74, 6) is -0.225. The number of carbonyl (C=O) groups is 1. The van der Waals surface area contributed by atoms with Gasteiger partial charge in [0.1, 0.15) is 0 Å². The molecule has 0 aromatic carbocycles. The molecule has 0 atom stereocenters. The standard InChI is InChI=1S/C13H9ClN2O3/c1-7-3-2-6-16-11(7)10(13(17)18)15-12(16)8-4-5-9(14)19-8/h2-6H,1H3,(H,17,18). The first-order valence-electron chi connectivity index (χ1n) is 5.54. The van der Waals surface area contributed by atoms with Gasteiger partial charge in [0.2, 0.25) is 0 Å². The minimum absolute atomic E-state index is 0.000576. The Balaban J connectivity index is 2.38. The number of carboxylic acids is 1. The Morgan fingerprint density at radius 3 is 2.84 bits per heavy atom. The molecule has 0 amide bonds. The molecule has 6 heteroatoms. The van der Waals surface area contributed by atoms with Crippen molar-refractivity contribution >= 4 is 23.1 Å². The van der Waals surface area contributed by atoms with E-state index in [9.17, 15) is 9.90 Å². The summed E-state index contributed by atoms with van der Waals surface area (Å²) in [6.07, 6.45) is 1.74. The average Bonchev–Trinajstić information content (AvgIpc) is 2.93. The number of halogens is 1. The summed E-state index contributed by atoms with van der Waals surface area (Å²) in [4.78, 5) is 15.4. The van der Waals surface area contributed by atoms with E-state index in [-0.39, 0.29) is 10.9 Å². The SMILES string of the molecule is Cc1cccn2c(-c3ccc(Cl)o3)nc(C(=O)O)c12. The molecule has 3 heterocycles. The van der Waals surface area contributed by atoms with Crippen molar-refractivity contribution in [1.29, 1.82) is 0 Å². The molecule has 3 rings (SSSR count). The monoisotopic (exact) mass is 276 g/mol. The largest absolute Gasteiger partial charge is 0.476 e. The van der Waals surface area contributed by atoms with Crippen molar-refractivity contribution in [1.82, 2.24) is 9.38 Å². The summed E-state index contributed by atoms with van der Waals surface area (Å²) in [7, 11) is 0. The number of carboxylic acid groups (broad SMARTS) is 1. The molecule has 1 N–H and O–H groups in total. The minimum atomic E-state index is -1.07.